The average molecular weight is 389 g/mol. The largest absolute Gasteiger partial charge is 0.281 e. The minimum absolute atomic E-state index is 0.305. The van der Waals surface area contributed by atoms with Gasteiger partial charge in [0.15, 0.2) is 0 Å². The van der Waals surface area contributed by atoms with E-state index in [4.69, 9.17) is 11.6 Å². The summed E-state index contributed by atoms with van der Waals surface area (Å²) in [5, 5.41) is -0.305. The van der Waals surface area contributed by atoms with Crippen LogP contribution in [-0.4, -0.2) is 5.24 Å². The number of rotatable bonds is 9. The lowest BCUT2D eigenvalue weighted by atomic mass is 9.61. The number of allylic oxidation sites excluding steroid dienone is 1. The molecule has 1 atom stereocenters. The zero-order chi connectivity index (χ0) is 19.8. The smallest absolute Gasteiger partial charge is 0.226 e. The van der Waals surface area contributed by atoms with Gasteiger partial charge in [-0.25, -0.2) is 0 Å². The van der Waals surface area contributed by atoms with Gasteiger partial charge in [-0.05, 0) is 47.6 Å². The van der Waals surface area contributed by atoms with Gasteiger partial charge in [0.05, 0.1) is 11.3 Å². The lowest BCUT2D eigenvalue weighted by Crippen LogP contribution is -2.41. The van der Waals surface area contributed by atoms with Crippen LogP contribution in [0, 0.1) is 5.92 Å². The first-order valence-electron chi connectivity index (χ1n) is 9.68. The van der Waals surface area contributed by atoms with Crippen molar-refractivity contribution in [3.63, 3.8) is 0 Å². The van der Waals surface area contributed by atoms with E-state index in [0.29, 0.717) is 6.42 Å². The fourth-order valence-corrected chi connectivity index (χ4v) is 4.45. The first kappa shape index (κ1) is 20.1. The third kappa shape index (κ3) is 3.95. The summed E-state index contributed by atoms with van der Waals surface area (Å²) in [6.45, 7) is 3.82. The van der Waals surface area contributed by atoms with Crippen LogP contribution in [0.2, 0.25) is 0 Å². The second-order valence-electron chi connectivity index (χ2n) is 6.98. The predicted molar refractivity (Wildman–Crippen MR) is 118 cm³/mol. The third-order valence-corrected chi connectivity index (χ3v) is 5.65. The number of unbranched alkanes of at least 4 members (excludes halogenated alkanes) is 1. The number of carbonyl (C=O) groups excluding carboxylic acids is 1. The Morgan fingerprint density at radius 2 is 1.21 bits per heavy atom. The van der Waals surface area contributed by atoms with E-state index >= 15 is 0 Å². The highest BCUT2D eigenvalue weighted by Gasteiger charge is 2.46. The molecule has 0 saturated heterocycles. The molecule has 0 N–H and O–H groups in total. The topological polar surface area (TPSA) is 17.1 Å². The van der Waals surface area contributed by atoms with E-state index in [-0.39, 0.29) is 11.2 Å². The van der Waals surface area contributed by atoms with E-state index in [9.17, 15) is 4.79 Å². The van der Waals surface area contributed by atoms with Gasteiger partial charge >= 0.3 is 0 Å². The highest BCUT2D eigenvalue weighted by molar-refractivity contribution is 6.64. The van der Waals surface area contributed by atoms with E-state index in [2.05, 4.69) is 43.0 Å². The van der Waals surface area contributed by atoms with Crippen molar-refractivity contribution >= 4 is 16.8 Å². The second-order valence-corrected chi connectivity index (χ2v) is 7.35. The molecule has 0 spiro atoms. The maximum absolute atomic E-state index is 12.8. The molecule has 28 heavy (non-hydrogen) atoms. The summed E-state index contributed by atoms with van der Waals surface area (Å²) in [5.74, 6) is -0.388. The summed E-state index contributed by atoms with van der Waals surface area (Å²) in [6.07, 6.45) is 4.30. The minimum Gasteiger partial charge on any atom is -0.281 e. The molecule has 0 saturated carbocycles. The first-order chi connectivity index (χ1) is 13.7. The fourth-order valence-electron chi connectivity index (χ4n) is 4.17. The molecule has 3 rings (SSSR count). The van der Waals surface area contributed by atoms with E-state index in [1.165, 1.54) is 0 Å². The molecule has 0 aromatic heterocycles. The van der Waals surface area contributed by atoms with Crippen molar-refractivity contribution < 1.29 is 4.79 Å². The lowest BCUT2D eigenvalue weighted by Gasteiger charge is -2.41. The molecule has 1 nitrogen and oxygen atoms in total. The van der Waals surface area contributed by atoms with Gasteiger partial charge in [-0.15, -0.1) is 6.58 Å². The van der Waals surface area contributed by atoms with Crippen LogP contribution < -0.4 is 0 Å². The van der Waals surface area contributed by atoms with Gasteiger partial charge in [-0.3, -0.25) is 4.79 Å². The Bertz CT molecular complexity index is 791. The SMILES string of the molecule is C=CCCCC(C(=O)Cl)C(c1ccccc1)(c1ccccc1)c1ccccc1. The van der Waals surface area contributed by atoms with Crippen LogP contribution in [-0.2, 0) is 10.2 Å². The summed E-state index contributed by atoms with van der Waals surface area (Å²) in [6, 6.07) is 30.7. The molecule has 0 radical (unpaired) electrons. The second kappa shape index (κ2) is 9.52. The molecule has 0 amide bonds. The zero-order valence-electron chi connectivity index (χ0n) is 15.9. The summed E-state index contributed by atoms with van der Waals surface area (Å²) < 4.78 is 0. The quantitative estimate of drug-likeness (QED) is 0.171. The minimum atomic E-state index is -0.649. The van der Waals surface area contributed by atoms with E-state index in [1.54, 1.807) is 0 Å². The van der Waals surface area contributed by atoms with Crippen LogP contribution in [0.15, 0.2) is 104 Å². The standard InChI is InChI=1S/C26H25ClO/c1-2-3-7-20-24(25(27)28)26(21-14-8-4-9-15-21,22-16-10-5-11-17-22)23-18-12-6-13-19-23/h2,4-6,8-19,24H,1,3,7,20H2. The van der Waals surface area contributed by atoms with Crippen molar-refractivity contribution in [1.29, 1.82) is 0 Å². The Hall–Kier alpha value is -2.64. The van der Waals surface area contributed by atoms with Crippen LogP contribution >= 0.6 is 11.6 Å². The molecule has 3 aromatic carbocycles. The van der Waals surface area contributed by atoms with E-state index < -0.39 is 5.41 Å². The fraction of sp³-hybridized carbons (Fsp3) is 0.192. The Morgan fingerprint density at radius 1 is 0.821 bits per heavy atom. The van der Waals surface area contributed by atoms with Gasteiger partial charge in [0.1, 0.15) is 0 Å². The molecule has 0 aliphatic carbocycles. The molecule has 0 aliphatic heterocycles. The van der Waals surface area contributed by atoms with Gasteiger partial charge < -0.3 is 0 Å². The van der Waals surface area contributed by atoms with Crippen molar-refractivity contribution in [3.8, 4) is 0 Å². The van der Waals surface area contributed by atoms with Crippen LogP contribution in [0.1, 0.15) is 36.0 Å². The Labute approximate surface area is 172 Å². The molecule has 2 heteroatoms. The van der Waals surface area contributed by atoms with Crippen LogP contribution in [0.25, 0.3) is 0 Å². The highest BCUT2D eigenvalue weighted by atomic mass is 35.5. The number of carbonyl (C=O) groups is 1. The third-order valence-electron chi connectivity index (χ3n) is 5.39. The maximum Gasteiger partial charge on any atom is 0.226 e. The predicted octanol–water partition coefficient (Wildman–Crippen LogP) is 6.76. The van der Waals surface area contributed by atoms with Gasteiger partial charge in [0, 0.05) is 0 Å². The van der Waals surface area contributed by atoms with Crippen LogP contribution in [0.5, 0.6) is 0 Å². The molecule has 0 aliphatic rings. The van der Waals surface area contributed by atoms with Crippen molar-refractivity contribution in [2.45, 2.75) is 24.7 Å². The van der Waals surface area contributed by atoms with Crippen LogP contribution in [0.4, 0.5) is 0 Å². The average Bonchev–Trinajstić information content (AvgIpc) is 2.75. The Morgan fingerprint density at radius 3 is 1.54 bits per heavy atom. The van der Waals surface area contributed by atoms with Gasteiger partial charge in [0.2, 0.25) is 5.24 Å². The highest BCUT2D eigenvalue weighted by Crippen LogP contribution is 2.48. The molecule has 142 valence electrons. The lowest BCUT2D eigenvalue weighted by molar-refractivity contribution is -0.116. The normalized spacial score (nSPS) is 12.3. The van der Waals surface area contributed by atoms with Crippen molar-refractivity contribution in [2.75, 3.05) is 0 Å². The first-order valence-corrected chi connectivity index (χ1v) is 10.1. The van der Waals surface area contributed by atoms with Crippen LogP contribution in [0.3, 0.4) is 0 Å². The molecule has 0 bridgehead atoms. The Kier molecular flexibility index (Phi) is 6.84. The molecular weight excluding hydrogens is 364 g/mol. The number of hydrogen-bond acceptors (Lipinski definition) is 1. The summed E-state index contributed by atoms with van der Waals surface area (Å²) in [5.41, 5.74) is 2.57. The molecule has 0 heterocycles. The number of hydrogen-bond donors (Lipinski definition) is 0. The van der Waals surface area contributed by atoms with Gasteiger partial charge in [-0.2, -0.15) is 0 Å². The molecule has 1 unspecified atom stereocenters. The number of benzene rings is 3. The van der Waals surface area contributed by atoms with E-state index in [1.807, 2.05) is 60.7 Å². The maximum atomic E-state index is 12.8. The van der Waals surface area contributed by atoms with Gasteiger partial charge in [-0.1, -0.05) is 97.1 Å². The van der Waals surface area contributed by atoms with Crippen molar-refractivity contribution in [2.24, 2.45) is 5.92 Å². The van der Waals surface area contributed by atoms with Crippen molar-refractivity contribution in [1.82, 2.24) is 0 Å². The summed E-state index contributed by atoms with van der Waals surface area (Å²) in [4.78, 5) is 12.8. The number of halogens is 1. The monoisotopic (exact) mass is 388 g/mol. The molecule has 0 fully saturated rings. The van der Waals surface area contributed by atoms with Crippen molar-refractivity contribution in [3.05, 3.63) is 120 Å². The summed E-state index contributed by atoms with van der Waals surface area (Å²) in [7, 11) is 0. The molecule has 3 aromatic rings. The zero-order valence-corrected chi connectivity index (χ0v) is 16.7. The van der Waals surface area contributed by atoms with Gasteiger partial charge in [0.25, 0.3) is 0 Å². The van der Waals surface area contributed by atoms with E-state index in [0.717, 1.165) is 29.5 Å². The Balaban J connectivity index is 2.32. The molecular formula is C26H25ClO. The summed E-state index contributed by atoms with van der Waals surface area (Å²) >= 11 is 6.29.